The Morgan fingerprint density at radius 1 is 1.16 bits per heavy atom. The molecule has 0 rings (SSSR count). The fraction of sp³-hybridized carbons (Fsp3) is 0.846. The third-order valence-corrected chi connectivity index (χ3v) is 1.99. The Morgan fingerprint density at radius 3 is 2.21 bits per heavy atom. The Bertz CT molecular complexity index is 296. The predicted molar refractivity (Wildman–Crippen MR) is 78.4 cm³/mol. The molecule has 0 heterocycles. The maximum absolute atomic E-state index is 11.4. The van der Waals surface area contributed by atoms with Crippen LogP contribution in [0.1, 0.15) is 34.6 Å². The average molecular weight is 272 g/mol. The van der Waals surface area contributed by atoms with Crippen molar-refractivity contribution in [3.05, 3.63) is 0 Å². The molecule has 0 saturated carbocycles. The van der Waals surface area contributed by atoms with Crippen LogP contribution in [-0.4, -0.2) is 44.3 Å². The zero-order valence-corrected chi connectivity index (χ0v) is 13.0. The van der Waals surface area contributed by atoms with Gasteiger partial charge < -0.3 is 20.7 Å². The molecule has 6 nitrogen and oxygen atoms in total. The molecule has 0 aliphatic heterocycles. The van der Waals surface area contributed by atoms with Crippen molar-refractivity contribution in [2.45, 2.75) is 40.2 Å². The lowest BCUT2D eigenvalue weighted by molar-refractivity contribution is 0.0529. The van der Waals surface area contributed by atoms with Gasteiger partial charge in [-0.15, -0.1) is 0 Å². The number of ether oxygens (including phenoxy) is 1. The molecule has 0 bridgehead atoms. The number of nitrogens with one attached hydrogen (secondary N) is 3. The van der Waals surface area contributed by atoms with E-state index in [0.717, 1.165) is 12.5 Å². The summed E-state index contributed by atoms with van der Waals surface area (Å²) in [6, 6.07) is 0. The van der Waals surface area contributed by atoms with Crippen LogP contribution in [0.25, 0.3) is 0 Å². The summed E-state index contributed by atoms with van der Waals surface area (Å²) in [5, 5.41) is 8.98. The van der Waals surface area contributed by atoms with Crippen LogP contribution in [0, 0.1) is 5.92 Å². The SMILES string of the molecule is CN=C(NCCNC(=O)OC(C)(C)C)NCC(C)C. The first kappa shape index (κ1) is 17.5. The van der Waals surface area contributed by atoms with Crippen LogP contribution in [0.3, 0.4) is 0 Å². The summed E-state index contributed by atoms with van der Waals surface area (Å²) in [6.45, 7) is 11.7. The van der Waals surface area contributed by atoms with Crippen LogP contribution in [0.5, 0.6) is 0 Å². The zero-order valence-electron chi connectivity index (χ0n) is 13.0. The number of rotatable bonds is 5. The Kier molecular flexibility index (Phi) is 7.95. The number of alkyl carbamates (subject to hydrolysis) is 1. The highest BCUT2D eigenvalue weighted by atomic mass is 16.6. The molecule has 0 atom stereocenters. The van der Waals surface area contributed by atoms with Gasteiger partial charge in [-0.3, -0.25) is 4.99 Å². The van der Waals surface area contributed by atoms with Crippen LogP contribution < -0.4 is 16.0 Å². The summed E-state index contributed by atoms with van der Waals surface area (Å²) >= 11 is 0. The van der Waals surface area contributed by atoms with E-state index in [1.807, 2.05) is 20.8 Å². The third kappa shape index (κ3) is 11.4. The fourth-order valence-electron chi connectivity index (χ4n) is 1.18. The fourth-order valence-corrected chi connectivity index (χ4v) is 1.18. The highest BCUT2D eigenvalue weighted by Crippen LogP contribution is 2.05. The number of amides is 1. The van der Waals surface area contributed by atoms with Gasteiger partial charge in [0, 0.05) is 26.7 Å². The molecule has 0 saturated heterocycles. The maximum Gasteiger partial charge on any atom is 0.407 e. The number of guanidine groups is 1. The summed E-state index contributed by atoms with van der Waals surface area (Å²) < 4.78 is 5.13. The van der Waals surface area contributed by atoms with Crippen molar-refractivity contribution < 1.29 is 9.53 Å². The van der Waals surface area contributed by atoms with Crippen molar-refractivity contribution in [2.24, 2.45) is 10.9 Å². The Balaban J connectivity index is 3.75. The Labute approximate surface area is 116 Å². The summed E-state index contributed by atoms with van der Waals surface area (Å²) in [5.41, 5.74) is -0.466. The predicted octanol–water partition coefficient (Wildman–Crippen LogP) is 1.33. The maximum atomic E-state index is 11.4. The highest BCUT2D eigenvalue weighted by Gasteiger charge is 2.15. The lowest BCUT2D eigenvalue weighted by Crippen LogP contribution is -2.43. The first-order chi connectivity index (χ1) is 8.74. The minimum atomic E-state index is -0.466. The quantitative estimate of drug-likeness (QED) is 0.401. The largest absolute Gasteiger partial charge is 0.444 e. The van der Waals surface area contributed by atoms with Gasteiger partial charge in [-0.1, -0.05) is 13.8 Å². The van der Waals surface area contributed by atoms with E-state index in [1.165, 1.54) is 0 Å². The van der Waals surface area contributed by atoms with Crippen LogP contribution in [0.2, 0.25) is 0 Å². The molecule has 3 N–H and O–H groups in total. The monoisotopic (exact) mass is 272 g/mol. The van der Waals surface area contributed by atoms with E-state index in [0.29, 0.717) is 19.0 Å². The first-order valence-electron chi connectivity index (χ1n) is 6.66. The number of carbonyl (C=O) groups is 1. The van der Waals surface area contributed by atoms with Crippen LogP contribution in [0.15, 0.2) is 4.99 Å². The lowest BCUT2D eigenvalue weighted by Gasteiger charge is -2.20. The molecule has 0 aliphatic rings. The van der Waals surface area contributed by atoms with Gasteiger partial charge in [-0.2, -0.15) is 0 Å². The van der Waals surface area contributed by atoms with Gasteiger partial charge in [-0.05, 0) is 26.7 Å². The molecule has 112 valence electrons. The van der Waals surface area contributed by atoms with Gasteiger partial charge in [0.2, 0.25) is 0 Å². The summed E-state index contributed by atoms with van der Waals surface area (Å²) in [7, 11) is 1.72. The van der Waals surface area contributed by atoms with Crippen LogP contribution >= 0.6 is 0 Å². The number of carbonyl (C=O) groups excluding carboxylic acids is 1. The second kappa shape index (κ2) is 8.61. The molecule has 0 unspecified atom stereocenters. The minimum absolute atomic E-state index is 0.403. The molecule has 0 fully saturated rings. The van der Waals surface area contributed by atoms with Gasteiger partial charge in [0.1, 0.15) is 5.60 Å². The third-order valence-electron chi connectivity index (χ3n) is 1.99. The van der Waals surface area contributed by atoms with Crippen molar-refractivity contribution >= 4 is 12.1 Å². The molecule has 0 aromatic carbocycles. The number of hydrogen-bond acceptors (Lipinski definition) is 3. The van der Waals surface area contributed by atoms with Crippen molar-refractivity contribution in [3.8, 4) is 0 Å². The van der Waals surface area contributed by atoms with Crippen LogP contribution in [0.4, 0.5) is 4.79 Å². The molecule has 0 spiro atoms. The number of nitrogens with zero attached hydrogens (tertiary/aromatic N) is 1. The standard InChI is InChI=1S/C13H28N4O2/c1-10(2)9-17-11(14-6)15-7-8-16-12(18)19-13(3,4)5/h10H,7-9H2,1-6H3,(H,16,18)(H2,14,15,17). The first-order valence-corrected chi connectivity index (χ1v) is 6.66. The van der Waals surface area contributed by atoms with E-state index < -0.39 is 11.7 Å². The topological polar surface area (TPSA) is 74.8 Å². The van der Waals surface area contributed by atoms with Gasteiger partial charge in [0.15, 0.2) is 5.96 Å². The van der Waals surface area contributed by atoms with Crippen molar-refractivity contribution in [3.63, 3.8) is 0 Å². The van der Waals surface area contributed by atoms with E-state index in [2.05, 4.69) is 34.8 Å². The lowest BCUT2D eigenvalue weighted by atomic mass is 10.2. The van der Waals surface area contributed by atoms with E-state index in [9.17, 15) is 4.79 Å². The van der Waals surface area contributed by atoms with Gasteiger partial charge in [0.05, 0.1) is 0 Å². The van der Waals surface area contributed by atoms with Crippen molar-refractivity contribution in [1.29, 1.82) is 0 Å². The summed E-state index contributed by atoms with van der Waals surface area (Å²) in [5.74, 6) is 1.29. The average Bonchev–Trinajstić information content (AvgIpc) is 2.25. The molecule has 19 heavy (non-hydrogen) atoms. The Morgan fingerprint density at radius 2 is 1.74 bits per heavy atom. The molecule has 0 radical (unpaired) electrons. The zero-order chi connectivity index (χ0) is 14.9. The van der Waals surface area contributed by atoms with Gasteiger partial charge >= 0.3 is 6.09 Å². The molecule has 6 heteroatoms. The molecule has 0 aromatic heterocycles. The molecular formula is C13H28N4O2. The second-order valence-corrected chi connectivity index (χ2v) is 5.70. The summed E-state index contributed by atoms with van der Waals surface area (Å²) in [6.07, 6.45) is -0.403. The number of hydrogen-bond donors (Lipinski definition) is 3. The molecule has 0 aliphatic carbocycles. The van der Waals surface area contributed by atoms with Crippen molar-refractivity contribution in [1.82, 2.24) is 16.0 Å². The molecular weight excluding hydrogens is 244 g/mol. The summed E-state index contributed by atoms with van der Waals surface area (Å²) in [4.78, 5) is 15.5. The molecule has 0 aromatic rings. The molecule has 1 amide bonds. The smallest absolute Gasteiger partial charge is 0.407 e. The van der Waals surface area contributed by atoms with Crippen LogP contribution in [-0.2, 0) is 4.74 Å². The normalized spacial score (nSPS) is 12.3. The van der Waals surface area contributed by atoms with E-state index in [1.54, 1.807) is 7.05 Å². The Hall–Kier alpha value is -1.46. The highest BCUT2D eigenvalue weighted by molar-refractivity contribution is 5.79. The van der Waals surface area contributed by atoms with E-state index in [-0.39, 0.29) is 0 Å². The van der Waals surface area contributed by atoms with Gasteiger partial charge in [-0.25, -0.2) is 4.79 Å². The van der Waals surface area contributed by atoms with Gasteiger partial charge in [0.25, 0.3) is 0 Å². The minimum Gasteiger partial charge on any atom is -0.444 e. The number of aliphatic imine (C=N–C) groups is 1. The van der Waals surface area contributed by atoms with E-state index in [4.69, 9.17) is 4.74 Å². The van der Waals surface area contributed by atoms with E-state index >= 15 is 0 Å². The second-order valence-electron chi connectivity index (χ2n) is 5.70. The van der Waals surface area contributed by atoms with Crippen molar-refractivity contribution in [2.75, 3.05) is 26.7 Å².